The average molecular weight is 426 g/mol. The van der Waals surface area contributed by atoms with Crippen molar-refractivity contribution >= 4 is 11.0 Å². The third-order valence-corrected chi connectivity index (χ3v) is 6.22. The summed E-state index contributed by atoms with van der Waals surface area (Å²) in [6.07, 6.45) is 2.42. The van der Waals surface area contributed by atoms with Crippen LogP contribution < -0.4 is 10.1 Å². The first-order valence-corrected chi connectivity index (χ1v) is 11.2. The number of fused-ring (bicyclic) bond motifs is 2. The molecule has 3 aromatic rings. The number of H-pyrrole nitrogens is 1. The zero-order valence-corrected chi connectivity index (χ0v) is 18.5. The van der Waals surface area contributed by atoms with Gasteiger partial charge in [-0.15, -0.1) is 0 Å². The SMILES string of the molecule is Cc1ccc2nc(CCCNCC[C@@]3(O)COc4cc(F)ccc4[C@@H]3C(C)C)[nH]c2c1. The van der Waals surface area contributed by atoms with Crippen molar-refractivity contribution in [1.29, 1.82) is 0 Å². The van der Waals surface area contributed by atoms with Crippen molar-refractivity contribution in [2.24, 2.45) is 5.92 Å². The normalized spacial score (nSPS) is 20.8. The molecule has 0 saturated heterocycles. The molecule has 2 heterocycles. The molecule has 4 rings (SSSR count). The minimum atomic E-state index is -0.970. The molecule has 1 aromatic heterocycles. The highest BCUT2D eigenvalue weighted by Gasteiger charge is 2.44. The summed E-state index contributed by atoms with van der Waals surface area (Å²) in [5.74, 6) is 1.38. The number of ether oxygens (including phenoxy) is 1. The number of rotatable bonds is 8. The van der Waals surface area contributed by atoms with Crippen molar-refractivity contribution in [3.63, 3.8) is 0 Å². The van der Waals surface area contributed by atoms with Crippen LogP contribution in [0, 0.1) is 18.7 Å². The highest BCUT2D eigenvalue weighted by molar-refractivity contribution is 5.75. The minimum Gasteiger partial charge on any atom is -0.490 e. The molecule has 0 spiro atoms. The molecule has 166 valence electrons. The van der Waals surface area contributed by atoms with E-state index in [4.69, 9.17) is 4.74 Å². The van der Waals surface area contributed by atoms with Gasteiger partial charge in [0.2, 0.25) is 0 Å². The number of halogens is 1. The Balaban J connectivity index is 1.28. The highest BCUT2D eigenvalue weighted by Crippen LogP contribution is 2.45. The van der Waals surface area contributed by atoms with Gasteiger partial charge in [0, 0.05) is 24.0 Å². The molecule has 0 aliphatic carbocycles. The Morgan fingerprint density at radius 3 is 2.90 bits per heavy atom. The van der Waals surface area contributed by atoms with E-state index in [1.54, 1.807) is 6.07 Å². The molecule has 5 nitrogen and oxygen atoms in total. The van der Waals surface area contributed by atoms with Crippen LogP contribution in [0.15, 0.2) is 36.4 Å². The number of hydrogen-bond donors (Lipinski definition) is 3. The topological polar surface area (TPSA) is 70.2 Å². The molecule has 1 aliphatic rings. The Morgan fingerprint density at radius 2 is 2.10 bits per heavy atom. The van der Waals surface area contributed by atoms with Crippen LogP contribution in [0.3, 0.4) is 0 Å². The van der Waals surface area contributed by atoms with Crippen molar-refractivity contribution in [3.8, 4) is 5.75 Å². The fourth-order valence-corrected chi connectivity index (χ4v) is 4.78. The van der Waals surface area contributed by atoms with Crippen LogP contribution in [-0.4, -0.2) is 40.4 Å². The number of aromatic nitrogens is 2. The molecule has 0 unspecified atom stereocenters. The summed E-state index contributed by atoms with van der Waals surface area (Å²) in [5, 5.41) is 14.8. The third-order valence-electron chi connectivity index (χ3n) is 6.22. The fourth-order valence-electron chi connectivity index (χ4n) is 4.78. The largest absolute Gasteiger partial charge is 0.490 e. The Hall–Kier alpha value is -2.44. The maximum Gasteiger partial charge on any atom is 0.126 e. The van der Waals surface area contributed by atoms with Gasteiger partial charge in [0.05, 0.1) is 11.0 Å². The summed E-state index contributed by atoms with van der Waals surface area (Å²) in [5.41, 5.74) is 3.24. The second-order valence-electron chi connectivity index (χ2n) is 9.10. The number of imidazole rings is 1. The van der Waals surface area contributed by atoms with Crippen molar-refractivity contribution in [2.45, 2.75) is 51.6 Å². The Morgan fingerprint density at radius 1 is 1.26 bits per heavy atom. The summed E-state index contributed by atoms with van der Waals surface area (Å²) < 4.78 is 19.3. The fraction of sp³-hybridized carbons (Fsp3) is 0.480. The van der Waals surface area contributed by atoms with Crippen LogP contribution in [0.5, 0.6) is 5.75 Å². The van der Waals surface area contributed by atoms with Gasteiger partial charge in [-0.3, -0.25) is 0 Å². The second kappa shape index (κ2) is 8.97. The molecule has 0 fully saturated rings. The van der Waals surface area contributed by atoms with Crippen molar-refractivity contribution < 1.29 is 14.2 Å². The molecule has 0 saturated carbocycles. The smallest absolute Gasteiger partial charge is 0.126 e. The van der Waals surface area contributed by atoms with Gasteiger partial charge in [0.15, 0.2) is 0 Å². The van der Waals surface area contributed by atoms with E-state index in [9.17, 15) is 9.50 Å². The molecule has 0 bridgehead atoms. The van der Waals surface area contributed by atoms with E-state index in [0.717, 1.165) is 41.8 Å². The number of aromatic amines is 1. The summed E-state index contributed by atoms with van der Waals surface area (Å²) in [6, 6.07) is 10.9. The molecule has 3 N–H and O–H groups in total. The standard InChI is InChI=1S/C25H32FN3O2/c1-16(2)24-19-8-7-18(26)14-22(19)31-15-25(24,30)10-12-27-11-4-5-23-28-20-9-6-17(3)13-21(20)29-23/h6-9,13-14,16,24,27,30H,4-5,10-12,15H2,1-3H3,(H,28,29)/t24-,25+/m0/s1. The number of aliphatic hydroxyl groups is 1. The first kappa shape index (κ1) is 21.8. The zero-order valence-electron chi connectivity index (χ0n) is 18.5. The highest BCUT2D eigenvalue weighted by atomic mass is 19.1. The summed E-state index contributed by atoms with van der Waals surface area (Å²) in [4.78, 5) is 8.04. The molecule has 0 radical (unpaired) electrons. The van der Waals surface area contributed by atoms with E-state index in [0.29, 0.717) is 18.7 Å². The van der Waals surface area contributed by atoms with E-state index >= 15 is 0 Å². The van der Waals surface area contributed by atoms with Gasteiger partial charge >= 0.3 is 0 Å². The van der Waals surface area contributed by atoms with Crippen LogP contribution in [0.25, 0.3) is 11.0 Å². The zero-order chi connectivity index (χ0) is 22.0. The lowest BCUT2D eigenvalue weighted by Crippen LogP contribution is -2.49. The molecule has 1 aliphatic heterocycles. The number of aryl methyl sites for hydroxylation is 2. The number of nitrogens with one attached hydrogen (secondary N) is 2. The van der Waals surface area contributed by atoms with Crippen LogP contribution in [-0.2, 0) is 6.42 Å². The average Bonchev–Trinajstić information content (AvgIpc) is 3.12. The van der Waals surface area contributed by atoms with E-state index in [-0.39, 0.29) is 24.3 Å². The summed E-state index contributed by atoms with van der Waals surface area (Å²) >= 11 is 0. The summed E-state index contributed by atoms with van der Waals surface area (Å²) in [6.45, 7) is 8.00. The molecule has 31 heavy (non-hydrogen) atoms. The Labute approximate surface area is 183 Å². The third kappa shape index (κ3) is 4.75. The molecular formula is C25H32FN3O2. The molecule has 6 heteroatoms. The van der Waals surface area contributed by atoms with Crippen molar-refractivity contribution in [3.05, 3.63) is 59.2 Å². The van der Waals surface area contributed by atoms with E-state index in [1.807, 2.05) is 6.07 Å². The lowest BCUT2D eigenvalue weighted by Gasteiger charge is -2.43. The maximum absolute atomic E-state index is 13.6. The van der Waals surface area contributed by atoms with E-state index < -0.39 is 5.60 Å². The van der Waals surface area contributed by atoms with Crippen LogP contribution >= 0.6 is 0 Å². The first-order chi connectivity index (χ1) is 14.9. The predicted octanol–water partition coefficient (Wildman–Crippen LogP) is 4.49. The predicted molar refractivity (Wildman–Crippen MR) is 121 cm³/mol. The van der Waals surface area contributed by atoms with Crippen LogP contribution in [0.2, 0.25) is 0 Å². The van der Waals surface area contributed by atoms with Crippen LogP contribution in [0.1, 0.15) is 49.6 Å². The van der Waals surface area contributed by atoms with Crippen molar-refractivity contribution in [2.75, 3.05) is 19.7 Å². The van der Waals surface area contributed by atoms with Gasteiger partial charge in [-0.1, -0.05) is 26.0 Å². The molecular weight excluding hydrogens is 393 g/mol. The lowest BCUT2D eigenvalue weighted by molar-refractivity contribution is -0.0595. The monoisotopic (exact) mass is 425 g/mol. The first-order valence-electron chi connectivity index (χ1n) is 11.2. The maximum atomic E-state index is 13.6. The number of hydrogen-bond acceptors (Lipinski definition) is 4. The van der Waals surface area contributed by atoms with Gasteiger partial charge in [-0.2, -0.15) is 0 Å². The van der Waals surface area contributed by atoms with Gasteiger partial charge in [0.25, 0.3) is 0 Å². The van der Waals surface area contributed by atoms with Gasteiger partial charge in [-0.25, -0.2) is 9.37 Å². The summed E-state index contributed by atoms with van der Waals surface area (Å²) in [7, 11) is 0. The number of benzene rings is 2. The quantitative estimate of drug-likeness (QED) is 0.465. The lowest BCUT2D eigenvalue weighted by atomic mass is 9.72. The van der Waals surface area contributed by atoms with Crippen molar-refractivity contribution in [1.82, 2.24) is 15.3 Å². The Kier molecular flexibility index (Phi) is 6.30. The molecule has 2 atom stereocenters. The van der Waals surface area contributed by atoms with Crippen LogP contribution in [0.4, 0.5) is 4.39 Å². The minimum absolute atomic E-state index is 0.0855. The molecule has 0 amide bonds. The Bertz CT molecular complexity index is 1050. The van der Waals surface area contributed by atoms with Gasteiger partial charge in [-0.05, 0) is 62.5 Å². The van der Waals surface area contributed by atoms with Gasteiger partial charge < -0.3 is 20.1 Å². The van der Waals surface area contributed by atoms with E-state index in [1.165, 1.54) is 17.7 Å². The second-order valence-corrected chi connectivity index (χ2v) is 9.10. The number of nitrogens with zero attached hydrogens (tertiary/aromatic N) is 1. The van der Waals surface area contributed by atoms with E-state index in [2.05, 4.69) is 48.2 Å². The molecule has 2 aromatic carbocycles. The van der Waals surface area contributed by atoms with Gasteiger partial charge in [0.1, 0.15) is 29.6 Å².